The first-order valence-corrected chi connectivity index (χ1v) is 7.44. The van der Waals surface area contributed by atoms with Gasteiger partial charge in [-0.05, 0) is 23.8 Å². The number of hydrogen-bond donors (Lipinski definition) is 1. The van der Waals surface area contributed by atoms with E-state index < -0.39 is 0 Å². The zero-order chi connectivity index (χ0) is 15.6. The summed E-state index contributed by atoms with van der Waals surface area (Å²) in [5.74, 6) is 1.48. The Hall–Kier alpha value is -3.08. The predicted molar refractivity (Wildman–Crippen MR) is 88.5 cm³/mol. The van der Waals surface area contributed by atoms with E-state index in [0.29, 0.717) is 18.9 Å². The molecule has 2 aromatic carbocycles. The number of rotatable bonds is 3. The van der Waals surface area contributed by atoms with E-state index in [1.54, 1.807) is 6.07 Å². The molecule has 114 valence electrons. The molecule has 5 heteroatoms. The lowest BCUT2D eigenvalue weighted by atomic mass is 10.1. The Morgan fingerprint density at radius 3 is 2.70 bits per heavy atom. The first-order chi connectivity index (χ1) is 11.3. The van der Waals surface area contributed by atoms with Gasteiger partial charge in [0.05, 0.1) is 11.4 Å². The van der Waals surface area contributed by atoms with Crippen LogP contribution in [0.25, 0.3) is 0 Å². The van der Waals surface area contributed by atoms with Gasteiger partial charge in [0, 0.05) is 12.5 Å². The minimum atomic E-state index is -0.122. The van der Waals surface area contributed by atoms with Crippen molar-refractivity contribution in [3.05, 3.63) is 82.3 Å². The molecule has 0 spiro atoms. The summed E-state index contributed by atoms with van der Waals surface area (Å²) < 4.78 is 7.15. The van der Waals surface area contributed by atoms with Gasteiger partial charge in [0.1, 0.15) is 18.2 Å². The fraction of sp³-hybridized carbons (Fsp3) is 0.111. The van der Waals surface area contributed by atoms with Crippen molar-refractivity contribution < 1.29 is 4.74 Å². The van der Waals surface area contributed by atoms with Gasteiger partial charge in [-0.15, -0.1) is 0 Å². The number of para-hydroxylation sites is 2. The summed E-state index contributed by atoms with van der Waals surface area (Å²) in [5, 5.41) is 3.08. The molecule has 23 heavy (non-hydrogen) atoms. The van der Waals surface area contributed by atoms with Crippen LogP contribution in [0.15, 0.2) is 70.5 Å². The van der Waals surface area contributed by atoms with Gasteiger partial charge in [-0.3, -0.25) is 9.89 Å². The number of benzene rings is 2. The molecule has 0 aliphatic carbocycles. The van der Waals surface area contributed by atoms with Crippen LogP contribution in [0.1, 0.15) is 11.3 Å². The maximum absolute atomic E-state index is 12.2. The molecular weight excluding hydrogens is 290 g/mol. The molecule has 1 N–H and O–H groups in total. The zero-order valence-electron chi connectivity index (χ0n) is 12.4. The molecule has 0 saturated heterocycles. The molecule has 1 aliphatic rings. The summed E-state index contributed by atoms with van der Waals surface area (Å²) in [4.78, 5) is 16.7. The molecular formula is C18H15N3O2. The second-order valence-corrected chi connectivity index (χ2v) is 5.39. The third-order valence-corrected chi connectivity index (χ3v) is 3.76. The van der Waals surface area contributed by atoms with Gasteiger partial charge >= 0.3 is 0 Å². The molecule has 1 aromatic heterocycles. The zero-order valence-corrected chi connectivity index (χ0v) is 12.4. The molecule has 2 heterocycles. The summed E-state index contributed by atoms with van der Waals surface area (Å²) in [6.45, 7) is 0.312. The van der Waals surface area contributed by atoms with Gasteiger partial charge in [-0.2, -0.15) is 0 Å². The van der Waals surface area contributed by atoms with E-state index in [4.69, 9.17) is 4.74 Å². The van der Waals surface area contributed by atoms with E-state index in [1.165, 1.54) is 4.68 Å². The van der Waals surface area contributed by atoms with Gasteiger partial charge in [0.25, 0.3) is 5.56 Å². The van der Waals surface area contributed by atoms with E-state index in [9.17, 15) is 4.79 Å². The van der Waals surface area contributed by atoms with Crippen molar-refractivity contribution in [1.29, 1.82) is 0 Å². The van der Waals surface area contributed by atoms with E-state index in [2.05, 4.69) is 10.1 Å². The third-order valence-electron chi connectivity index (χ3n) is 3.76. The molecule has 0 amide bonds. The highest BCUT2D eigenvalue weighted by Gasteiger charge is 2.17. The van der Waals surface area contributed by atoms with Crippen molar-refractivity contribution in [2.24, 2.45) is 4.99 Å². The van der Waals surface area contributed by atoms with Crippen LogP contribution in [0.5, 0.6) is 5.75 Å². The summed E-state index contributed by atoms with van der Waals surface area (Å²) in [6.07, 6.45) is 0.648. The predicted octanol–water partition coefficient (Wildman–Crippen LogP) is 2.89. The maximum atomic E-state index is 12.2. The van der Waals surface area contributed by atoms with Crippen molar-refractivity contribution in [2.75, 3.05) is 0 Å². The number of aromatic amines is 1. The molecule has 3 aromatic rings. The number of ether oxygens (including phenoxy) is 1. The largest absolute Gasteiger partial charge is 0.487 e. The van der Waals surface area contributed by atoms with Gasteiger partial charge < -0.3 is 4.74 Å². The Bertz CT molecular complexity index is 923. The Morgan fingerprint density at radius 2 is 1.87 bits per heavy atom. The fourth-order valence-electron chi connectivity index (χ4n) is 2.64. The highest BCUT2D eigenvalue weighted by molar-refractivity contribution is 5.93. The van der Waals surface area contributed by atoms with Gasteiger partial charge in [-0.25, -0.2) is 9.67 Å². The fourth-order valence-corrected chi connectivity index (χ4v) is 2.64. The number of nitrogens with zero attached hydrogens (tertiary/aromatic N) is 2. The number of aliphatic imine (C=N–C) groups is 1. The van der Waals surface area contributed by atoms with Crippen LogP contribution in [0.3, 0.4) is 0 Å². The standard InChI is InChI=1S/C18H15N3O2/c22-18-11-14(12-23-15-7-2-1-3-8-15)20-21(18)17-10-13-6-4-5-9-16(13)19-17/h1-9,11,20H,10,12H2. The second-order valence-electron chi connectivity index (χ2n) is 5.39. The van der Waals surface area contributed by atoms with Crippen molar-refractivity contribution in [2.45, 2.75) is 13.0 Å². The van der Waals surface area contributed by atoms with E-state index in [-0.39, 0.29) is 5.56 Å². The number of H-pyrrole nitrogens is 1. The Kier molecular flexibility index (Phi) is 3.31. The lowest BCUT2D eigenvalue weighted by Crippen LogP contribution is -2.24. The summed E-state index contributed by atoms with van der Waals surface area (Å²) in [7, 11) is 0. The molecule has 0 saturated carbocycles. The molecule has 0 atom stereocenters. The molecule has 1 aliphatic heterocycles. The lowest BCUT2D eigenvalue weighted by molar-refractivity contribution is 0.300. The Morgan fingerprint density at radius 1 is 1.09 bits per heavy atom. The van der Waals surface area contributed by atoms with Crippen LogP contribution in [0, 0.1) is 0 Å². The molecule has 4 rings (SSSR count). The van der Waals surface area contributed by atoms with Gasteiger partial charge in [0.2, 0.25) is 0 Å². The van der Waals surface area contributed by atoms with Crippen molar-refractivity contribution in [3.63, 3.8) is 0 Å². The summed E-state index contributed by atoms with van der Waals surface area (Å²) in [6, 6.07) is 19.0. The first kappa shape index (κ1) is 13.6. The van der Waals surface area contributed by atoms with Crippen molar-refractivity contribution in [3.8, 4) is 5.75 Å². The highest BCUT2D eigenvalue weighted by Crippen LogP contribution is 2.25. The topological polar surface area (TPSA) is 59.4 Å². The van der Waals surface area contributed by atoms with Crippen LogP contribution in [0.2, 0.25) is 0 Å². The van der Waals surface area contributed by atoms with E-state index in [1.807, 2.05) is 54.6 Å². The molecule has 0 fully saturated rings. The molecule has 5 nitrogen and oxygen atoms in total. The minimum Gasteiger partial charge on any atom is -0.487 e. The second kappa shape index (κ2) is 5.61. The highest BCUT2D eigenvalue weighted by atomic mass is 16.5. The minimum absolute atomic E-state index is 0.122. The lowest BCUT2D eigenvalue weighted by Gasteiger charge is -2.04. The normalized spacial score (nSPS) is 12.8. The van der Waals surface area contributed by atoms with Crippen molar-refractivity contribution >= 4 is 11.5 Å². The Balaban J connectivity index is 1.54. The summed E-state index contributed by atoms with van der Waals surface area (Å²) in [5.41, 5.74) is 2.65. The number of nitrogens with one attached hydrogen (secondary N) is 1. The quantitative estimate of drug-likeness (QED) is 0.809. The molecule has 0 radical (unpaired) electrons. The van der Waals surface area contributed by atoms with Crippen LogP contribution in [0.4, 0.5) is 5.69 Å². The Labute approximate surface area is 132 Å². The first-order valence-electron chi connectivity index (χ1n) is 7.44. The van der Waals surface area contributed by atoms with E-state index in [0.717, 1.165) is 22.7 Å². The average Bonchev–Trinajstić information content (AvgIpc) is 3.17. The SMILES string of the molecule is O=c1cc(COc2ccccc2)[nH]n1C1=Nc2ccccc2C1. The van der Waals surface area contributed by atoms with E-state index >= 15 is 0 Å². The van der Waals surface area contributed by atoms with Crippen LogP contribution >= 0.6 is 0 Å². The van der Waals surface area contributed by atoms with Crippen LogP contribution in [-0.2, 0) is 13.0 Å². The number of fused-ring (bicyclic) bond motifs is 1. The molecule has 0 unspecified atom stereocenters. The van der Waals surface area contributed by atoms with Crippen molar-refractivity contribution in [1.82, 2.24) is 9.78 Å². The van der Waals surface area contributed by atoms with Gasteiger partial charge in [-0.1, -0.05) is 36.4 Å². The van der Waals surface area contributed by atoms with Crippen LogP contribution in [-0.4, -0.2) is 15.6 Å². The number of hydrogen-bond acceptors (Lipinski definition) is 3. The van der Waals surface area contributed by atoms with Crippen LogP contribution < -0.4 is 10.3 Å². The smallest absolute Gasteiger partial charge is 0.272 e. The summed E-state index contributed by atoms with van der Waals surface area (Å²) >= 11 is 0. The third kappa shape index (κ3) is 2.68. The maximum Gasteiger partial charge on any atom is 0.272 e. The van der Waals surface area contributed by atoms with Gasteiger partial charge in [0.15, 0.2) is 0 Å². The molecule has 0 bridgehead atoms. The number of aromatic nitrogens is 2. The monoisotopic (exact) mass is 305 g/mol. The average molecular weight is 305 g/mol.